The number of fused-ring (bicyclic) bond motifs is 4. The maximum Gasteiger partial charge on any atom is 0.523 e. The molecular formula is C29H39F3O11S. The number of hydrogen-bond acceptors (Lipinski definition) is 11. The molecule has 7 aliphatic rings. The Balaban J connectivity index is 1.28. The van der Waals surface area contributed by atoms with Crippen molar-refractivity contribution in [1.82, 2.24) is 0 Å². The van der Waals surface area contributed by atoms with Crippen LogP contribution in [0.3, 0.4) is 0 Å². The summed E-state index contributed by atoms with van der Waals surface area (Å²) in [6, 6.07) is 0. The standard InChI is InChI=1S/C29H39F3O11S/c1-24(2)25(3)14-15-28(24,42-22(25)33)23(34)37-16-17-19(40-26(38-17)10-6-4-7-11-26)21(43-44(35,36)29(30,31)32)20-18(16)39-27(41-20)12-8-5-9-13-27/h16-21H,4-15H2,1-3H3/t16?,17-,18+,19-,20-,21?,25-,28+/m0/s1. The van der Waals surface area contributed by atoms with Gasteiger partial charge in [0, 0.05) is 31.1 Å². The molecule has 0 aromatic rings. The number of hydrogen-bond donors (Lipinski definition) is 0. The van der Waals surface area contributed by atoms with Gasteiger partial charge in [-0.15, -0.1) is 0 Å². The van der Waals surface area contributed by atoms with E-state index in [1.807, 2.05) is 0 Å². The third kappa shape index (κ3) is 4.21. The van der Waals surface area contributed by atoms with E-state index in [4.69, 9.17) is 32.6 Å². The zero-order chi connectivity index (χ0) is 31.6. The van der Waals surface area contributed by atoms with E-state index in [9.17, 15) is 31.2 Å². The van der Waals surface area contributed by atoms with Gasteiger partial charge in [0.25, 0.3) is 0 Å². The smallest absolute Gasteiger partial charge is 0.454 e. The van der Waals surface area contributed by atoms with E-state index < -0.39 is 92.2 Å². The lowest BCUT2D eigenvalue weighted by molar-refractivity contribution is -0.230. The topological polar surface area (TPSA) is 133 Å². The molecule has 4 saturated carbocycles. The number of rotatable bonds is 4. The molecule has 3 heterocycles. The Morgan fingerprint density at radius 2 is 1.20 bits per heavy atom. The average molecular weight is 653 g/mol. The maximum atomic E-state index is 14.2. The van der Waals surface area contributed by atoms with Crippen molar-refractivity contribution < 1.29 is 63.8 Å². The summed E-state index contributed by atoms with van der Waals surface area (Å²) in [7, 11) is -6.09. The normalized spacial score (nSPS) is 43.5. The summed E-state index contributed by atoms with van der Waals surface area (Å²) in [5.74, 6) is -3.78. The highest BCUT2D eigenvalue weighted by Crippen LogP contribution is 2.66. The van der Waals surface area contributed by atoms with Gasteiger partial charge in [0.1, 0.15) is 30.5 Å². The molecule has 248 valence electrons. The fraction of sp³-hybridized carbons (Fsp3) is 0.931. The summed E-state index contributed by atoms with van der Waals surface area (Å²) in [5, 5.41) is 0. The molecule has 11 nitrogen and oxygen atoms in total. The van der Waals surface area contributed by atoms with Crippen LogP contribution in [-0.4, -0.2) is 79.7 Å². The Hall–Kier alpha value is -1.52. The van der Waals surface area contributed by atoms with Gasteiger partial charge in [-0.1, -0.05) is 26.7 Å². The molecular weight excluding hydrogens is 613 g/mol. The van der Waals surface area contributed by atoms with Gasteiger partial charge in [-0.2, -0.15) is 21.6 Å². The highest BCUT2D eigenvalue weighted by atomic mass is 32.2. The number of alkyl halides is 3. The SMILES string of the molecule is CC1(C)[C@@]2(C)CC[C@]1(C(=O)OC1[C@H]3OC4(CCCCC4)O[C@@H]3C(OS(=O)(=O)C(F)(F)F)[C@H]3OC4(CCCCC4)O[C@@H]13)OC2=O. The second kappa shape index (κ2) is 9.75. The Kier molecular flexibility index (Phi) is 6.89. The van der Waals surface area contributed by atoms with Crippen LogP contribution >= 0.6 is 0 Å². The molecule has 2 bridgehead atoms. The van der Waals surface area contributed by atoms with E-state index >= 15 is 0 Å². The molecule has 3 saturated heterocycles. The Bertz CT molecular complexity index is 1280. The molecule has 0 aromatic carbocycles. The molecule has 0 amide bonds. The number of halogens is 3. The summed E-state index contributed by atoms with van der Waals surface area (Å²) < 4.78 is 108. The third-order valence-corrected chi connectivity index (χ3v) is 12.8. The van der Waals surface area contributed by atoms with Crippen LogP contribution in [-0.2, 0) is 52.3 Å². The summed E-state index contributed by atoms with van der Waals surface area (Å²) in [4.78, 5) is 27.1. The second-order valence-corrected chi connectivity index (χ2v) is 15.8. The van der Waals surface area contributed by atoms with Crippen molar-refractivity contribution in [2.45, 2.75) is 157 Å². The molecule has 0 aromatic heterocycles. The predicted octanol–water partition coefficient (Wildman–Crippen LogP) is 4.16. The van der Waals surface area contributed by atoms with Crippen LogP contribution in [0.1, 0.15) is 97.8 Å². The lowest BCUT2D eigenvalue weighted by atomic mass is 9.66. The van der Waals surface area contributed by atoms with Crippen molar-refractivity contribution in [1.29, 1.82) is 0 Å². The lowest BCUT2D eigenvalue weighted by Crippen LogP contribution is -2.65. The minimum atomic E-state index is -6.09. The Morgan fingerprint density at radius 3 is 1.59 bits per heavy atom. The molecule has 15 heteroatoms. The van der Waals surface area contributed by atoms with Gasteiger partial charge in [0.15, 0.2) is 17.7 Å². The van der Waals surface area contributed by atoms with Gasteiger partial charge >= 0.3 is 27.6 Å². The minimum Gasteiger partial charge on any atom is -0.454 e. The van der Waals surface area contributed by atoms with E-state index in [2.05, 4.69) is 0 Å². The molecule has 3 aliphatic heterocycles. The summed E-state index contributed by atoms with van der Waals surface area (Å²) >= 11 is 0. The monoisotopic (exact) mass is 652 g/mol. The minimum absolute atomic E-state index is 0.230. The first-order chi connectivity index (χ1) is 20.5. The predicted molar refractivity (Wildman–Crippen MR) is 141 cm³/mol. The van der Waals surface area contributed by atoms with Crippen molar-refractivity contribution in [2.75, 3.05) is 0 Å². The van der Waals surface area contributed by atoms with Crippen LogP contribution < -0.4 is 0 Å². The summed E-state index contributed by atoms with van der Waals surface area (Å²) in [6.45, 7) is 5.32. The number of esters is 2. The zero-order valence-electron chi connectivity index (χ0n) is 25.0. The van der Waals surface area contributed by atoms with Crippen molar-refractivity contribution in [3.63, 3.8) is 0 Å². The molecule has 7 rings (SSSR count). The lowest BCUT2D eigenvalue weighted by Gasteiger charge is -2.43. The Morgan fingerprint density at radius 1 is 0.750 bits per heavy atom. The van der Waals surface area contributed by atoms with Crippen molar-refractivity contribution >= 4 is 22.1 Å². The van der Waals surface area contributed by atoms with Crippen LogP contribution in [0.2, 0.25) is 0 Å². The number of carbonyl (C=O) groups is 2. The first-order valence-electron chi connectivity index (χ1n) is 15.6. The molecule has 7 fully saturated rings. The van der Waals surface area contributed by atoms with Crippen LogP contribution in [0.4, 0.5) is 13.2 Å². The van der Waals surface area contributed by atoms with Gasteiger partial charge in [-0.25, -0.2) is 4.79 Å². The second-order valence-electron chi connectivity index (χ2n) is 14.3. The molecule has 2 unspecified atom stereocenters. The van der Waals surface area contributed by atoms with E-state index in [1.54, 1.807) is 20.8 Å². The van der Waals surface area contributed by atoms with E-state index in [-0.39, 0.29) is 6.42 Å². The zero-order valence-corrected chi connectivity index (χ0v) is 25.8. The maximum absolute atomic E-state index is 14.2. The summed E-state index contributed by atoms with van der Waals surface area (Å²) in [5.41, 5.74) is -9.13. The van der Waals surface area contributed by atoms with Crippen LogP contribution in [0.5, 0.6) is 0 Å². The van der Waals surface area contributed by atoms with E-state index in [0.29, 0.717) is 57.8 Å². The quantitative estimate of drug-likeness (QED) is 0.246. The van der Waals surface area contributed by atoms with E-state index in [0.717, 1.165) is 12.8 Å². The van der Waals surface area contributed by atoms with Gasteiger partial charge < -0.3 is 28.4 Å². The third-order valence-electron chi connectivity index (χ3n) is 11.8. The molecule has 2 spiro atoms. The first kappa shape index (κ1) is 31.1. The highest BCUT2D eigenvalue weighted by Gasteiger charge is 2.77. The molecule has 4 aliphatic carbocycles. The van der Waals surface area contributed by atoms with Crippen LogP contribution in [0.15, 0.2) is 0 Å². The fourth-order valence-corrected chi connectivity index (χ4v) is 9.34. The number of carbonyl (C=O) groups excluding carboxylic acids is 2. The fourth-order valence-electron chi connectivity index (χ4n) is 8.72. The van der Waals surface area contributed by atoms with Gasteiger partial charge in [-0.3, -0.25) is 8.98 Å². The Labute approximate surface area is 253 Å². The largest absolute Gasteiger partial charge is 0.523 e. The molecule has 0 N–H and O–H groups in total. The van der Waals surface area contributed by atoms with Crippen molar-refractivity contribution in [3.8, 4) is 0 Å². The number of ether oxygens (including phenoxy) is 6. The van der Waals surface area contributed by atoms with Gasteiger partial charge in [0.2, 0.25) is 5.60 Å². The van der Waals surface area contributed by atoms with E-state index in [1.165, 1.54) is 0 Å². The molecule has 8 atom stereocenters. The van der Waals surface area contributed by atoms with Crippen LogP contribution in [0.25, 0.3) is 0 Å². The molecule has 44 heavy (non-hydrogen) atoms. The van der Waals surface area contributed by atoms with Crippen molar-refractivity contribution in [3.05, 3.63) is 0 Å². The summed E-state index contributed by atoms with van der Waals surface area (Å²) in [6.07, 6.45) is -1.40. The van der Waals surface area contributed by atoms with Crippen molar-refractivity contribution in [2.24, 2.45) is 10.8 Å². The van der Waals surface area contributed by atoms with Gasteiger partial charge in [-0.05, 0) is 45.4 Å². The first-order valence-corrected chi connectivity index (χ1v) is 17.1. The average Bonchev–Trinajstić information content (AvgIpc) is 3.60. The molecule has 0 radical (unpaired) electrons. The highest BCUT2D eigenvalue weighted by molar-refractivity contribution is 7.87. The van der Waals surface area contributed by atoms with Gasteiger partial charge in [0.05, 0.1) is 5.41 Å². The van der Waals surface area contributed by atoms with Crippen LogP contribution in [0, 0.1) is 10.8 Å².